The molecule has 0 radical (unpaired) electrons. The van der Waals surface area contributed by atoms with Gasteiger partial charge >= 0.3 is 0 Å². The van der Waals surface area contributed by atoms with Gasteiger partial charge in [-0.3, -0.25) is 0 Å². The SMILES string of the molecule is COc1cc(Br)c(C(O)C2COCCO2)cc1OC. The molecular weight excluding hydrogens is 316 g/mol. The average Bonchev–Trinajstić information content (AvgIpc) is 2.47. The number of halogens is 1. The normalized spacial score (nSPS) is 20.9. The first-order valence-electron chi connectivity index (χ1n) is 5.96. The molecule has 2 unspecified atom stereocenters. The standard InChI is InChI=1S/C13H17BrO5/c1-16-10-5-8(9(14)6-11(10)17-2)13(15)12-7-18-3-4-19-12/h5-6,12-13,15H,3-4,7H2,1-2H3. The van der Waals surface area contributed by atoms with E-state index in [1.165, 1.54) is 0 Å². The van der Waals surface area contributed by atoms with Crippen molar-refractivity contribution in [3.8, 4) is 11.5 Å². The van der Waals surface area contributed by atoms with Crippen LogP contribution in [0.5, 0.6) is 11.5 Å². The van der Waals surface area contributed by atoms with Crippen LogP contribution in [0.2, 0.25) is 0 Å². The molecule has 0 amide bonds. The van der Waals surface area contributed by atoms with E-state index < -0.39 is 6.10 Å². The zero-order valence-electron chi connectivity index (χ0n) is 10.9. The minimum Gasteiger partial charge on any atom is -0.493 e. The summed E-state index contributed by atoms with van der Waals surface area (Å²) in [6.45, 7) is 1.44. The Bertz CT molecular complexity index is 431. The van der Waals surface area contributed by atoms with Crippen LogP contribution in [-0.2, 0) is 9.47 Å². The molecule has 0 spiro atoms. The number of aliphatic hydroxyl groups excluding tert-OH is 1. The quantitative estimate of drug-likeness (QED) is 0.912. The third-order valence-electron chi connectivity index (χ3n) is 3.02. The number of benzene rings is 1. The summed E-state index contributed by atoms with van der Waals surface area (Å²) in [4.78, 5) is 0. The van der Waals surface area contributed by atoms with Crippen molar-refractivity contribution in [3.63, 3.8) is 0 Å². The molecular formula is C13H17BrO5. The molecule has 0 saturated carbocycles. The smallest absolute Gasteiger partial charge is 0.161 e. The zero-order valence-corrected chi connectivity index (χ0v) is 12.5. The van der Waals surface area contributed by atoms with Gasteiger partial charge in [0.05, 0.1) is 34.0 Å². The maximum absolute atomic E-state index is 10.4. The molecule has 1 aromatic rings. The molecule has 1 aliphatic heterocycles. The monoisotopic (exact) mass is 332 g/mol. The Morgan fingerprint density at radius 2 is 1.95 bits per heavy atom. The van der Waals surface area contributed by atoms with E-state index in [4.69, 9.17) is 18.9 Å². The molecule has 5 nitrogen and oxygen atoms in total. The first-order chi connectivity index (χ1) is 9.17. The Morgan fingerprint density at radius 1 is 1.26 bits per heavy atom. The Labute approximate surface area is 120 Å². The van der Waals surface area contributed by atoms with Crippen molar-refractivity contribution in [2.75, 3.05) is 34.0 Å². The van der Waals surface area contributed by atoms with E-state index in [1.54, 1.807) is 26.4 Å². The molecule has 19 heavy (non-hydrogen) atoms. The number of hydrogen-bond acceptors (Lipinski definition) is 5. The zero-order chi connectivity index (χ0) is 13.8. The predicted molar refractivity (Wildman–Crippen MR) is 72.8 cm³/mol. The van der Waals surface area contributed by atoms with E-state index in [1.807, 2.05) is 0 Å². The Kier molecular flexibility index (Phi) is 5.04. The van der Waals surface area contributed by atoms with E-state index in [-0.39, 0.29) is 6.10 Å². The van der Waals surface area contributed by atoms with Crippen molar-refractivity contribution in [3.05, 3.63) is 22.2 Å². The van der Waals surface area contributed by atoms with Crippen LogP contribution >= 0.6 is 15.9 Å². The number of aliphatic hydroxyl groups is 1. The van der Waals surface area contributed by atoms with Crippen molar-refractivity contribution in [2.45, 2.75) is 12.2 Å². The van der Waals surface area contributed by atoms with Crippen LogP contribution in [0, 0.1) is 0 Å². The molecule has 0 aliphatic carbocycles. The molecule has 1 saturated heterocycles. The third kappa shape index (κ3) is 3.20. The third-order valence-corrected chi connectivity index (χ3v) is 3.70. The fourth-order valence-corrected chi connectivity index (χ4v) is 2.54. The highest BCUT2D eigenvalue weighted by Gasteiger charge is 2.27. The Hall–Kier alpha value is -0.820. The molecule has 1 aliphatic rings. The second kappa shape index (κ2) is 6.56. The van der Waals surface area contributed by atoms with Gasteiger partial charge in [-0.15, -0.1) is 0 Å². The molecule has 0 aromatic heterocycles. The first-order valence-corrected chi connectivity index (χ1v) is 6.75. The van der Waals surface area contributed by atoms with Crippen LogP contribution in [0.4, 0.5) is 0 Å². The lowest BCUT2D eigenvalue weighted by Gasteiger charge is -2.28. The molecule has 1 fully saturated rings. The predicted octanol–water partition coefficient (Wildman–Crippen LogP) is 1.92. The molecule has 1 aromatic carbocycles. The maximum Gasteiger partial charge on any atom is 0.161 e. The van der Waals surface area contributed by atoms with Crippen LogP contribution in [0.15, 0.2) is 16.6 Å². The second-order valence-electron chi connectivity index (χ2n) is 4.16. The van der Waals surface area contributed by atoms with Gasteiger partial charge in [0.25, 0.3) is 0 Å². The van der Waals surface area contributed by atoms with Gasteiger partial charge in [-0.2, -0.15) is 0 Å². The van der Waals surface area contributed by atoms with Gasteiger partial charge in [0.15, 0.2) is 11.5 Å². The van der Waals surface area contributed by atoms with Crippen LogP contribution in [0.25, 0.3) is 0 Å². The van der Waals surface area contributed by atoms with Gasteiger partial charge < -0.3 is 24.1 Å². The molecule has 6 heteroatoms. The highest BCUT2D eigenvalue weighted by molar-refractivity contribution is 9.10. The van der Waals surface area contributed by atoms with Crippen molar-refractivity contribution < 1.29 is 24.1 Å². The van der Waals surface area contributed by atoms with E-state index >= 15 is 0 Å². The molecule has 1 N–H and O–H groups in total. The van der Waals surface area contributed by atoms with Gasteiger partial charge in [-0.25, -0.2) is 0 Å². The fourth-order valence-electron chi connectivity index (χ4n) is 1.99. The van der Waals surface area contributed by atoms with Gasteiger partial charge in [-0.1, -0.05) is 15.9 Å². The van der Waals surface area contributed by atoms with Gasteiger partial charge in [-0.05, 0) is 12.1 Å². The number of methoxy groups -OCH3 is 2. The molecule has 2 atom stereocenters. The van der Waals surface area contributed by atoms with Crippen molar-refractivity contribution >= 4 is 15.9 Å². The maximum atomic E-state index is 10.4. The van der Waals surface area contributed by atoms with Crippen molar-refractivity contribution in [1.82, 2.24) is 0 Å². The highest BCUT2D eigenvalue weighted by Crippen LogP contribution is 2.37. The second-order valence-corrected chi connectivity index (χ2v) is 5.01. The topological polar surface area (TPSA) is 57.2 Å². The summed E-state index contributed by atoms with van der Waals surface area (Å²) in [5.74, 6) is 1.17. The molecule has 1 heterocycles. The van der Waals surface area contributed by atoms with Crippen LogP contribution in [0.3, 0.4) is 0 Å². The molecule has 106 valence electrons. The lowest BCUT2D eigenvalue weighted by Crippen LogP contribution is -2.34. The lowest BCUT2D eigenvalue weighted by atomic mass is 10.0. The summed E-state index contributed by atoms with van der Waals surface area (Å²) in [7, 11) is 3.13. The van der Waals surface area contributed by atoms with Crippen LogP contribution < -0.4 is 9.47 Å². The minimum absolute atomic E-state index is 0.372. The number of rotatable bonds is 4. The van der Waals surface area contributed by atoms with E-state index in [0.29, 0.717) is 36.9 Å². The van der Waals surface area contributed by atoms with Crippen LogP contribution in [0.1, 0.15) is 11.7 Å². The van der Waals surface area contributed by atoms with Crippen molar-refractivity contribution in [2.24, 2.45) is 0 Å². The van der Waals surface area contributed by atoms with Gasteiger partial charge in [0.2, 0.25) is 0 Å². The Balaban J connectivity index is 2.27. The minimum atomic E-state index is -0.783. The number of hydrogen-bond donors (Lipinski definition) is 1. The Morgan fingerprint density at radius 3 is 2.53 bits per heavy atom. The van der Waals surface area contributed by atoms with E-state index in [9.17, 15) is 5.11 Å². The molecule has 0 bridgehead atoms. The highest BCUT2D eigenvalue weighted by atomic mass is 79.9. The van der Waals surface area contributed by atoms with E-state index in [2.05, 4.69) is 15.9 Å². The summed E-state index contributed by atoms with van der Waals surface area (Å²) in [5.41, 5.74) is 0.688. The largest absolute Gasteiger partial charge is 0.493 e. The van der Waals surface area contributed by atoms with E-state index in [0.717, 1.165) is 4.47 Å². The fraction of sp³-hybridized carbons (Fsp3) is 0.538. The van der Waals surface area contributed by atoms with Crippen LogP contribution in [-0.4, -0.2) is 45.3 Å². The molecule has 2 rings (SSSR count). The summed E-state index contributed by atoms with van der Waals surface area (Å²) in [6.07, 6.45) is -1.15. The van der Waals surface area contributed by atoms with Crippen molar-refractivity contribution in [1.29, 1.82) is 0 Å². The lowest BCUT2D eigenvalue weighted by molar-refractivity contribution is -0.133. The van der Waals surface area contributed by atoms with Gasteiger partial charge in [0, 0.05) is 10.0 Å². The first kappa shape index (κ1) is 14.6. The number of ether oxygens (including phenoxy) is 4. The summed E-state index contributed by atoms with van der Waals surface area (Å²) < 4.78 is 22.0. The van der Waals surface area contributed by atoms with Gasteiger partial charge in [0.1, 0.15) is 12.2 Å². The summed E-state index contributed by atoms with van der Waals surface area (Å²) in [6, 6.07) is 3.51. The average molecular weight is 333 g/mol. The summed E-state index contributed by atoms with van der Waals surface area (Å²) >= 11 is 3.43. The summed E-state index contributed by atoms with van der Waals surface area (Å²) in [5, 5.41) is 10.4.